The topological polar surface area (TPSA) is 47.9 Å². The smallest absolute Gasteiger partial charge is 0.253 e. The molecule has 0 saturated carbocycles. The molecule has 0 aliphatic carbocycles. The second-order valence-corrected chi connectivity index (χ2v) is 8.56. The molecular formula is C22H35IN4O. The molecule has 0 aromatic heterocycles. The normalized spacial score (nSPS) is 19.3. The van der Waals surface area contributed by atoms with Crippen LogP contribution >= 0.6 is 24.0 Å². The van der Waals surface area contributed by atoms with Crippen LogP contribution in [0.1, 0.15) is 62.4 Å². The first-order chi connectivity index (χ1) is 13.0. The predicted molar refractivity (Wildman–Crippen MR) is 126 cm³/mol. The third kappa shape index (κ3) is 6.09. The van der Waals surface area contributed by atoms with Crippen molar-refractivity contribution in [2.45, 2.75) is 53.0 Å². The minimum absolute atomic E-state index is 0. The third-order valence-corrected chi connectivity index (χ3v) is 5.57. The van der Waals surface area contributed by atoms with Crippen molar-refractivity contribution < 1.29 is 4.79 Å². The molecular weight excluding hydrogens is 463 g/mol. The average molecular weight is 498 g/mol. The Balaban J connectivity index is 0.00000280. The number of nitrogens with one attached hydrogen (secondary N) is 1. The van der Waals surface area contributed by atoms with E-state index in [1.165, 1.54) is 12.8 Å². The van der Waals surface area contributed by atoms with E-state index in [1.54, 1.807) is 0 Å². The first-order valence-corrected chi connectivity index (χ1v) is 10.4. The van der Waals surface area contributed by atoms with Gasteiger partial charge in [-0.05, 0) is 55.7 Å². The number of rotatable bonds is 4. The van der Waals surface area contributed by atoms with Crippen molar-refractivity contribution in [3.8, 4) is 0 Å². The fourth-order valence-electron chi connectivity index (χ4n) is 3.92. The van der Waals surface area contributed by atoms with Crippen molar-refractivity contribution >= 4 is 35.8 Å². The minimum atomic E-state index is 0. The molecule has 0 spiro atoms. The van der Waals surface area contributed by atoms with E-state index in [1.807, 2.05) is 29.2 Å². The largest absolute Gasteiger partial charge is 0.357 e. The van der Waals surface area contributed by atoms with Crippen molar-refractivity contribution in [3.05, 3.63) is 35.4 Å². The Hall–Kier alpha value is -1.31. The highest BCUT2D eigenvalue weighted by Gasteiger charge is 2.30. The van der Waals surface area contributed by atoms with Gasteiger partial charge in [-0.3, -0.25) is 4.79 Å². The molecule has 1 aromatic rings. The molecule has 0 atom stereocenters. The second kappa shape index (κ2) is 10.5. The standard InChI is InChI=1S/C22H34N4O.HI/c1-4-23-21(26-15-12-22(2,3)17-26)24-16-18-8-10-19(11-9-18)20(27)25-13-6-5-7-14-25;/h8-11H,4-7,12-17H2,1-3H3,(H,23,24);1H. The molecule has 5 nitrogen and oxygen atoms in total. The highest BCUT2D eigenvalue weighted by Crippen LogP contribution is 2.28. The zero-order valence-corrected chi connectivity index (χ0v) is 19.9. The summed E-state index contributed by atoms with van der Waals surface area (Å²) in [4.78, 5) is 21.8. The van der Waals surface area contributed by atoms with Crippen LogP contribution in [0, 0.1) is 5.41 Å². The Kier molecular flexibility index (Phi) is 8.58. The van der Waals surface area contributed by atoms with Crippen molar-refractivity contribution in [1.82, 2.24) is 15.1 Å². The van der Waals surface area contributed by atoms with E-state index in [2.05, 4.69) is 31.0 Å². The second-order valence-electron chi connectivity index (χ2n) is 8.56. The number of piperidine rings is 1. The number of hydrogen-bond acceptors (Lipinski definition) is 2. The molecule has 2 aliphatic heterocycles. The molecule has 0 unspecified atom stereocenters. The van der Waals surface area contributed by atoms with Crippen LogP contribution in [0.4, 0.5) is 0 Å². The van der Waals surface area contributed by atoms with Crippen LogP contribution in [-0.4, -0.2) is 54.4 Å². The number of benzene rings is 1. The molecule has 1 aromatic carbocycles. The van der Waals surface area contributed by atoms with E-state index in [0.29, 0.717) is 12.0 Å². The zero-order chi connectivity index (χ0) is 19.3. The molecule has 2 saturated heterocycles. The van der Waals surface area contributed by atoms with Gasteiger partial charge in [-0.15, -0.1) is 24.0 Å². The van der Waals surface area contributed by atoms with E-state index in [0.717, 1.165) is 62.7 Å². The minimum Gasteiger partial charge on any atom is -0.357 e. The quantitative estimate of drug-likeness (QED) is 0.386. The van der Waals surface area contributed by atoms with Crippen LogP contribution in [-0.2, 0) is 6.54 Å². The van der Waals surface area contributed by atoms with Crippen LogP contribution in [0.25, 0.3) is 0 Å². The molecule has 3 rings (SSSR count). The molecule has 1 amide bonds. The highest BCUT2D eigenvalue weighted by molar-refractivity contribution is 14.0. The Morgan fingerprint density at radius 1 is 1.07 bits per heavy atom. The molecule has 2 aliphatic rings. The molecule has 1 N–H and O–H groups in total. The Morgan fingerprint density at radius 2 is 1.75 bits per heavy atom. The molecule has 6 heteroatoms. The van der Waals surface area contributed by atoms with E-state index in [-0.39, 0.29) is 29.9 Å². The van der Waals surface area contributed by atoms with Crippen LogP contribution in [0.5, 0.6) is 0 Å². The Labute approximate surface area is 187 Å². The van der Waals surface area contributed by atoms with Gasteiger partial charge in [-0.2, -0.15) is 0 Å². The number of nitrogens with zero attached hydrogens (tertiary/aromatic N) is 3. The van der Waals surface area contributed by atoms with E-state index >= 15 is 0 Å². The number of hydrogen-bond donors (Lipinski definition) is 1. The van der Waals surface area contributed by atoms with Crippen LogP contribution in [0.2, 0.25) is 0 Å². The van der Waals surface area contributed by atoms with Gasteiger partial charge in [0, 0.05) is 38.3 Å². The number of carbonyl (C=O) groups excluding carboxylic acids is 1. The fraction of sp³-hybridized carbons (Fsp3) is 0.636. The maximum absolute atomic E-state index is 12.6. The van der Waals surface area contributed by atoms with Crippen LogP contribution < -0.4 is 5.32 Å². The first kappa shape index (κ1) is 23.0. The van der Waals surface area contributed by atoms with Gasteiger partial charge in [-0.1, -0.05) is 26.0 Å². The molecule has 0 bridgehead atoms. The summed E-state index contributed by atoms with van der Waals surface area (Å²) >= 11 is 0. The zero-order valence-electron chi connectivity index (χ0n) is 17.5. The number of halogens is 1. The summed E-state index contributed by atoms with van der Waals surface area (Å²) in [5, 5.41) is 3.42. The van der Waals surface area contributed by atoms with Gasteiger partial charge < -0.3 is 15.1 Å². The van der Waals surface area contributed by atoms with Gasteiger partial charge in [0.15, 0.2) is 5.96 Å². The summed E-state index contributed by atoms with van der Waals surface area (Å²) in [7, 11) is 0. The third-order valence-electron chi connectivity index (χ3n) is 5.57. The number of guanidine groups is 1. The van der Waals surface area contributed by atoms with Gasteiger partial charge in [-0.25, -0.2) is 4.99 Å². The average Bonchev–Trinajstić information content (AvgIpc) is 3.05. The monoisotopic (exact) mass is 498 g/mol. The van der Waals surface area contributed by atoms with Crippen molar-refractivity contribution in [3.63, 3.8) is 0 Å². The van der Waals surface area contributed by atoms with Gasteiger partial charge >= 0.3 is 0 Å². The lowest BCUT2D eigenvalue weighted by atomic mass is 9.93. The van der Waals surface area contributed by atoms with Crippen LogP contribution in [0.3, 0.4) is 0 Å². The first-order valence-electron chi connectivity index (χ1n) is 10.4. The lowest BCUT2D eigenvalue weighted by molar-refractivity contribution is 0.0724. The summed E-state index contributed by atoms with van der Waals surface area (Å²) in [5.74, 6) is 1.16. The van der Waals surface area contributed by atoms with E-state index in [9.17, 15) is 4.79 Å². The number of aliphatic imine (C=N–C) groups is 1. The van der Waals surface area contributed by atoms with E-state index < -0.39 is 0 Å². The number of likely N-dealkylation sites (tertiary alicyclic amines) is 2. The molecule has 2 heterocycles. The van der Waals surface area contributed by atoms with Gasteiger partial charge in [0.1, 0.15) is 0 Å². The van der Waals surface area contributed by atoms with Gasteiger partial charge in [0.2, 0.25) is 0 Å². The summed E-state index contributed by atoms with van der Waals surface area (Å²) in [6.07, 6.45) is 4.69. The highest BCUT2D eigenvalue weighted by atomic mass is 127. The SMILES string of the molecule is CCNC(=NCc1ccc(C(=O)N2CCCCC2)cc1)N1CCC(C)(C)C1.I. The maximum Gasteiger partial charge on any atom is 0.253 e. The summed E-state index contributed by atoms with van der Waals surface area (Å²) < 4.78 is 0. The lowest BCUT2D eigenvalue weighted by Crippen LogP contribution is -2.40. The fourth-order valence-corrected chi connectivity index (χ4v) is 3.92. The molecule has 0 radical (unpaired) electrons. The Morgan fingerprint density at radius 3 is 2.32 bits per heavy atom. The van der Waals surface area contributed by atoms with Crippen LogP contribution in [0.15, 0.2) is 29.3 Å². The van der Waals surface area contributed by atoms with E-state index in [4.69, 9.17) is 4.99 Å². The maximum atomic E-state index is 12.6. The van der Waals surface area contributed by atoms with Crippen molar-refractivity contribution in [2.24, 2.45) is 10.4 Å². The predicted octanol–water partition coefficient (Wildman–Crippen LogP) is 4.13. The van der Waals surface area contributed by atoms with Gasteiger partial charge in [0.05, 0.1) is 6.54 Å². The van der Waals surface area contributed by atoms with Gasteiger partial charge in [0.25, 0.3) is 5.91 Å². The van der Waals surface area contributed by atoms with Crippen molar-refractivity contribution in [1.29, 1.82) is 0 Å². The Bertz CT molecular complexity index is 666. The van der Waals surface area contributed by atoms with Crippen molar-refractivity contribution in [2.75, 3.05) is 32.7 Å². The molecule has 28 heavy (non-hydrogen) atoms. The number of carbonyl (C=O) groups is 1. The summed E-state index contributed by atoms with van der Waals surface area (Å²) in [5.41, 5.74) is 2.28. The lowest BCUT2D eigenvalue weighted by Gasteiger charge is -2.26. The number of amides is 1. The molecule has 156 valence electrons. The summed E-state index contributed by atoms with van der Waals surface area (Å²) in [6.45, 7) is 12.1. The molecule has 2 fully saturated rings. The summed E-state index contributed by atoms with van der Waals surface area (Å²) in [6, 6.07) is 7.98.